The first-order valence-corrected chi connectivity index (χ1v) is 12.6. The maximum atomic E-state index is 12.7. The summed E-state index contributed by atoms with van der Waals surface area (Å²) in [5, 5.41) is 29.3. The molecular formula is C18H30IN2O9P. The number of aromatic nitrogens is 2. The Morgan fingerprint density at radius 3 is 2.45 bits per heavy atom. The minimum absolute atomic E-state index is 0.0138. The van der Waals surface area contributed by atoms with E-state index in [4.69, 9.17) is 9.26 Å². The highest BCUT2D eigenvalue weighted by Gasteiger charge is 2.51. The quantitative estimate of drug-likeness (QED) is 0.213. The molecule has 7 atom stereocenters. The second kappa shape index (κ2) is 9.72. The first kappa shape index (κ1) is 26.7. The zero-order valence-corrected chi connectivity index (χ0v) is 20.9. The monoisotopic (exact) mass is 576 g/mol. The van der Waals surface area contributed by atoms with Crippen LogP contribution in [0.5, 0.6) is 0 Å². The van der Waals surface area contributed by atoms with Gasteiger partial charge in [-0.05, 0) is 49.3 Å². The van der Waals surface area contributed by atoms with Crippen LogP contribution in [0.4, 0.5) is 0 Å². The van der Waals surface area contributed by atoms with E-state index in [0.29, 0.717) is 12.8 Å². The molecule has 31 heavy (non-hydrogen) atoms. The average molecular weight is 576 g/mol. The summed E-state index contributed by atoms with van der Waals surface area (Å²) < 4.78 is 25.2. The molecule has 2 heterocycles. The number of H-pyrrole nitrogens is 1. The molecule has 1 aliphatic rings. The summed E-state index contributed by atoms with van der Waals surface area (Å²) in [6.07, 6.45) is -3.25. The van der Waals surface area contributed by atoms with Crippen LogP contribution in [0, 0.1) is 3.57 Å². The van der Waals surface area contributed by atoms with Gasteiger partial charge in [0.2, 0.25) is 0 Å². The number of hydrogen-bond donors (Lipinski definition) is 5. The summed E-state index contributed by atoms with van der Waals surface area (Å²) in [6, 6.07) is 0. The summed E-state index contributed by atoms with van der Waals surface area (Å²) in [5.74, 6) is 0. The lowest BCUT2D eigenvalue weighted by molar-refractivity contribution is -0.0727. The second-order valence-corrected chi connectivity index (χ2v) is 11.6. The molecule has 0 bridgehead atoms. The Morgan fingerprint density at radius 2 is 1.90 bits per heavy atom. The number of hydrogen-bond acceptors (Lipinski definition) is 8. The molecule has 1 fully saturated rings. The zero-order chi connectivity index (χ0) is 23.8. The molecule has 1 aromatic heterocycles. The molecule has 178 valence electrons. The van der Waals surface area contributed by atoms with Crippen LogP contribution >= 0.6 is 30.2 Å². The van der Waals surface area contributed by atoms with E-state index in [-0.39, 0.29) is 16.4 Å². The molecule has 1 aromatic rings. The van der Waals surface area contributed by atoms with E-state index in [9.17, 15) is 34.4 Å². The van der Waals surface area contributed by atoms with E-state index in [1.54, 1.807) is 36.4 Å². The van der Waals surface area contributed by atoms with Gasteiger partial charge >= 0.3 is 13.3 Å². The number of nitrogens with one attached hydrogen (secondary N) is 1. The molecule has 11 nitrogen and oxygen atoms in total. The average Bonchev–Trinajstić information content (AvgIpc) is 2.92. The molecule has 0 radical (unpaired) electrons. The third-order valence-corrected chi connectivity index (χ3v) is 8.56. The van der Waals surface area contributed by atoms with Gasteiger partial charge in [-0.2, -0.15) is 0 Å². The van der Waals surface area contributed by atoms with E-state index in [1.807, 2.05) is 6.92 Å². The first-order valence-electron chi connectivity index (χ1n) is 9.96. The van der Waals surface area contributed by atoms with Gasteiger partial charge in [0.1, 0.15) is 12.2 Å². The van der Waals surface area contributed by atoms with Gasteiger partial charge in [-0.3, -0.25) is 18.9 Å². The molecule has 0 spiro atoms. The Kier molecular flexibility index (Phi) is 8.35. The van der Waals surface area contributed by atoms with Crippen molar-refractivity contribution in [3.8, 4) is 0 Å². The number of aliphatic hydroxyl groups excluding tert-OH is 2. The van der Waals surface area contributed by atoms with Crippen LogP contribution in [0.1, 0.15) is 59.6 Å². The normalized spacial score (nSPS) is 29.8. The summed E-state index contributed by atoms with van der Waals surface area (Å²) in [4.78, 5) is 36.2. The van der Waals surface area contributed by atoms with Crippen molar-refractivity contribution in [3.63, 3.8) is 0 Å². The van der Waals surface area contributed by atoms with Crippen LogP contribution < -0.4 is 11.2 Å². The molecule has 5 N–H and O–H groups in total. The van der Waals surface area contributed by atoms with Gasteiger partial charge in [-0.25, -0.2) is 4.79 Å². The number of halogens is 1. The number of ether oxygens (including phenoxy) is 1. The molecule has 0 aromatic carbocycles. The highest BCUT2D eigenvalue weighted by Crippen LogP contribution is 2.59. The van der Waals surface area contributed by atoms with Crippen LogP contribution in [0.25, 0.3) is 0 Å². The molecule has 0 aliphatic carbocycles. The standard InChI is InChI=1S/C18H30IN2O9P/c1-5-7-17(3,30-31(27,28)18(4,26)6-2)8-11-12(22)13(23)15(29-11)21-9-10(19)14(24)20-16(21)25/h9,11-13,15,22-23,26H,5-8H2,1-4H3,(H,27,28)(H,20,24,25)/t11-,12-,13-,15-,17?,18?/m1/s1. The molecule has 3 unspecified atom stereocenters. The van der Waals surface area contributed by atoms with Gasteiger partial charge in [0.15, 0.2) is 11.6 Å². The lowest BCUT2D eigenvalue weighted by atomic mass is 9.91. The largest absolute Gasteiger partial charge is 0.388 e. The van der Waals surface area contributed by atoms with E-state index in [0.717, 1.165) is 4.57 Å². The minimum atomic E-state index is -4.47. The van der Waals surface area contributed by atoms with E-state index < -0.39 is 54.3 Å². The number of nitrogens with zero attached hydrogens (tertiary/aromatic N) is 1. The summed E-state index contributed by atoms with van der Waals surface area (Å²) in [5.41, 5.74) is -2.67. The van der Waals surface area contributed by atoms with Crippen molar-refractivity contribution < 1.29 is 34.0 Å². The fourth-order valence-electron chi connectivity index (χ4n) is 3.51. The Morgan fingerprint density at radius 1 is 1.29 bits per heavy atom. The first-order chi connectivity index (χ1) is 14.2. The Hall–Kier alpha value is -0.600. The lowest BCUT2D eigenvalue weighted by Crippen LogP contribution is -2.40. The maximum Gasteiger partial charge on any atom is 0.359 e. The summed E-state index contributed by atoms with van der Waals surface area (Å²) >= 11 is 1.72. The third-order valence-electron chi connectivity index (χ3n) is 5.57. The van der Waals surface area contributed by atoms with Crippen molar-refractivity contribution in [1.82, 2.24) is 9.55 Å². The van der Waals surface area contributed by atoms with Crippen molar-refractivity contribution in [1.29, 1.82) is 0 Å². The summed E-state index contributed by atoms with van der Waals surface area (Å²) in [6.45, 7) is 6.17. The van der Waals surface area contributed by atoms with Crippen LogP contribution in [0.15, 0.2) is 15.8 Å². The van der Waals surface area contributed by atoms with E-state index in [1.165, 1.54) is 13.1 Å². The van der Waals surface area contributed by atoms with Crippen LogP contribution in [0.3, 0.4) is 0 Å². The predicted octanol–water partition coefficient (Wildman–Crippen LogP) is 1.03. The molecule has 2 rings (SSSR count). The molecule has 13 heteroatoms. The van der Waals surface area contributed by atoms with Gasteiger partial charge < -0.3 is 29.5 Å². The van der Waals surface area contributed by atoms with Crippen molar-refractivity contribution in [2.45, 2.75) is 88.9 Å². The smallest absolute Gasteiger partial charge is 0.359 e. The Labute approximate surface area is 193 Å². The number of aliphatic hydroxyl groups is 3. The van der Waals surface area contributed by atoms with Crippen molar-refractivity contribution in [2.75, 3.05) is 0 Å². The fourth-order valence-corrected chi connectivity index (χ4v) is 5.31. The minimum Gasteiger partial charge on any atom is -0.388 e. The zero-order valence-electron chi connectivity index (χ0n) is 17.8. The third kappa shape index (κ3) is 5.67. The van der Waals surface area contributed by atoms with Gasteiger partial charge in [0, 0.05) is 12.6 Å². The van der Waals surface area contributed by atoms with Gasteiger partial charge in [0.05, 0.1) is 15.3 Å². The Balaban J connectivity index is 2.31. The van der Waals surface area contributed by atoms with Crippen LogP contribution in [-0.4, -0.2) is 59.0 Å². The second-order valence-electron chi connectivity index (χ2n) is 8.28. The molecule has 0 amide bonds. The van der Waals surface area contributed by atoms with Gasteiger partial charge in [-0.15, -0.1) is 0 Å². The van der Waals surface area contributed by atoms with Crippen molar-refractivity contribution >= 4 is 30.2 Å². The van der Waals surface area contributed by atoms with Gasteiger partial charge in [-0.1, -0.05) is 20.3 Å². The van der Waals surface area contributed by atoms with E-state index in [2.05, 4.69) is 4.98 Å². The van der Waals surface area contributed by atoms with Crippen molar-refractivity contribution in [2.24, 2.45) is 0 Å². The van der Waals surface area contributed by atoms with E-state index >= 15 is 0 Å². The van der Waals surface area contributed by atoms with Crippen molar-refractivity contribution in [3.05, 3.63) is 30.6 Å². The molecular weight excluding hydrogens is 546 g/mol. The number of aromatic amines is 1. The van der Waals surface area contributed by atoms with Gasteiger partial charge in [0.25, 0.3) is 5.56 Å². The highest BCUT2D eigenvalue weighted by molar-refractivity contribution is 14.1. The lowest BCUT2D eigenvalue weighted by Gasteiger charge is -2.38. The van der Waals surface area contributed by atoms with Crippen LogP contribution in [-0.2, 0) is 13.8 Å². The highest BCUT2D eigenvalue weighted by atomic mass is 127. The molecule has 1 aliphatic heterocycles. The fraction of sp³-hybridized carbons (Fsp3) is 0.778. The SMILES string of the molecule is CCCC(C)(C[C@H]1O[C@@H](n2cc(I)c(=O)[nH]c2=O)[C@H](O)[C@@H]1O)OP(=O)(O)C(C)(O)CC. The molecule has 1 saturated heterocycles. The topological polar surface area (TPSA) is 171 Å². The summed E-state index contributed by atoms with van der Waals surface area (Å²) in [7, 11) is -4.47. The van der Waals surface area contributed by atoms with Crippen LogP contribution in [0.2, 0.25) is 0 Å². The Bertz CT molecular complexity index is 949. The predicted molar refractivity (Wildman–Crippen MR) is 120 cm³/mol. The number of rotatable bonds is 9. The maximum absolute atomic E-state index is 12.7. The molecule has 0 saturated carbocycles.